The first-order chi connectivity index (χ1) is 9.65. The minimum Gasteiger partial charge on any atom is -0.309 e. The van der Waals surface area contributed by atoms with E-state index >= 15 is 0 Å². The smallest absolute Gasteiger partial charge is 0.0574 e. The van der Waals surface area contributed by atoms with Crippen molar-refractivity contribution in [3.05, 3.63) is 68.8 Å². The maximum Gasteiger partial charge on any atom is 0.0574 e. The van der Waals surface area contributed by atoms with Crippen LogP contribution in [0.2, 0.25) is 0 Å². The van der Waals surface area contributed by atoms with Crippen LogP contribution < -0.4 is 5.32 Å². The summed E-state index contributed by atoms with van der Waals surface area (Å²) in [5, 5.41) is 3.41. The molecule has 0 radical (unpaired) electrons. The maximum absolute atomic E-state index is 3.41. The predicted octanol–water partition coefficient (Wildman–Crippen LogP) is 5.11. The highest BCUT2D eigenvalue weighted by Crippen LogP contribution is 2.25. The van der Waals surface area contributed by atoms with Gasteiger partial charge in [0, 0.05) is 3.57 Å². The average molecular weight is 379 g/mol. The fourth-order valence-electron chi connectivity index (χ4n) is 2.43. The van der Waals surface area contributed by atoms with Gasteiger partial charge in [0.1, 0.15) is 0 Å². The highest BCUT2D eigenvalue weighted by Gasteiger charge is 2.12. The summed E-state index contributed by atoms with van der Waals surface area (Å²) in [5.74, 6) is 0.635. The SMILES string of the molecule is CCC(C)c1ccc(C(NC)c2ccc(I)cc2)cc1. The second-order valence-corrected chi connectivity index (χ2v) is 6.49. The van der Waals surface area contributed by atoms with Gasteiger partial charge in [0.15, 0.2) is 0 Å². The van der Waals surface area contributed by atoms with Crippen LogP contribution in [0.3, 0.4) is 0 Å². The van der Waals surface area contributed by atoms with Gasteiger partial charge in [0.05, 0.1) is 6.04 Å². The van der Waals surface area contributed by atoms with Gasteiger partial charge in [-0.15, -0.1) is 0 Å². The lowest BCUT2D eigenvalue weighted by Gasteiger charge is -2.18. The molecular weight excluding hydrogens is 357 g/mol. The highest BCUT2D eigenvalue weighted by atomic mass is 127. The van der Waals surface area contributed by atoms with E-state index in [1.807, 2.05) is 7.05 Å². The molecule has 0 saturated heterocycles. The first kappa shape index (κ1) is 15.5. The number of benzene rings is 2. The van der Waals surface area contributed by atoms with Crippen LogP contribution in [0.15, 0.2) is 48.5 Å². The van der Waals surface area contributed by atoms with Crippen molar-refractivity contribution in [2.24, 2.45) is 0 Å². The van der Waals surface area contributed by atoms with E-state index in [2.05, 4.69) is 90.3 Å². The third-order valence-corrected chi connectivity index (χ3v) is 4.66. The molecule has 106 valence electrons. The Balaban J connectivity index is 2.25. The minimum absolute atomic E-state index is 0.262. The van der Waals surface area contributed by atoms with Gasteiger partial charge in [-0.1, -0.05) is 50.2 Å². The molecule has 2 rings (SSSR count). The fraction of sp³-hybridized carbons (Fsp3) is 0.333. The Kier molecular flexibility index (Phi) is 5.61. The van der Waals surface area contributed by atoms with Crippen molar-refractivity contribution >= 4 is 22.6 Å². The third kappa shape index (κ3) is 3.61. The molecule has 0 aliphatic carbocycles. The molecule has 0 spiro atoms. The van der Waals surface area contributed by atoms with Crippen LogP contribution in [-0.4, -0.2) is 7.05 Å². The van der Waals surface area contributed by atoms with Crippen LogP contribution in [0.5, 0.6) is 0 Å². The second-order valence-electron chi connectivity index (χ2n) is 5.25. The standard InChI is InChI=1S/C18H22IN/c1-4-13(2)14-5-7-15(8-6-14)18(20-3)16-9-11-17(19)12-10-16/h5-13,18,20H,4H2,1-3H3. The van der Waals surface area contributed by atoms with E-state index in [0.717, 1.165) is 0 Å². The van der Waals surface area contributed by atoms with Crippen molar-refractivity contribution in [1.29, 1.82) is 0 Å². The molecule has 0 aliphatic rings. The van der Waals surface area contributed by atoms with Crippen molar-refractivity contribution in [1.82, 2.24) is 5.32 Å². The van der Waals surface area contributed by atoms with E-state index in [9.17, 15) is 0 Å². The Morgan fingerprint density at radius 2 is 1.35 bits per heavy atom. The lowest BCUT2D eigenvalue weighted by Crippen LogP contribution is -2.17. The predicted molar refractivity (Wildman–Crippen MR) is 95.2 cm³/mol. The lowest BCUT2D eigenvalue weighted by atomic mass is 9.94. The summed E-state index contributed by atoms with van der Waals surface area (Å²) in [7, 11) is 2.02. The zero-order valence-electron chi connectivity index (χ0n) is 12.4. The highest BCUT2D eigenvalue weighted by molar-refractivity contribution is 14.1. The molecule has 20 heavy (non-hydrogen) atoms. The monoisotopic (exact) mass is 379 g/mol. The third-order valence-electron chi connectivity index (χ3n) is 3.94. The Morgan fingerprint density at radius 1 is 0.900 bits per heavy atom. The van der Waals surface area contributed by atoms with Gasteiger partial charge >= 0.3 is 0 Å². The summed E-state index contributed by atoms with van der Waals surface area (Å²) in [6, 6.07) is 18.0. The van der Waals surface area contributed by atoms with Gasteiger partial charge in [-0.25, -0.2) is 0 Å². The average Bonchev–Trinajstić information content (AvgIpc) is 2.50. The molecule has 2 atom stereocenters. The number of nitrogens with one attached hydrogen (secondary N) is 1. The topological polar surface area (TPSA) is 12.0 Å². The van der Waals surface area contributed by atoms with Gasteiger partial charge < -0.3 is 5.32 Å². The molecule has 0 amide bonds. The summed E-state index contributed by atoms with van der Waals surface area (Å²) in [6.45, 7) is 4.52. The number of hydrogen-bond acceptors (Lipinski definition) is 1. The first-order valence-electron chi connectivity index (χ1n) is 7.18. The fourth-order valence-corrected chi connectivity index (χ4v) is 2.79. The van der Waals surface area contributed by atoms with E-state index in [0.29, 0.717) is 5.92 Å². The Bertz CT molecular complexity index is 530. The maximum atomic E-state index is 3.41. The molecule has 0 bridgehead atoms. The van der Waals surface area contributed by atoms with Crippen molar-refractivity contribution in [2.45, 2.75) is 32.2 Å². The van der Waals surface area contributed by atoms with E-state index in [4.69, 9.17) is 0 Å². The summed E-state index contributed by atoms with van der Waals surface area (Å²) in [5.41, 5.74) is 4.05. The lowest BCUT2D eigenvalue weighted by molar-refractivity contribution is 0.688. The molecule has 0 aromatic heterocycles. The zero-order chi connectivity index (χ0) is 14.5. The van der Waals surface area contributed by atoms with Gasteiger partial charge in [-0.3, -0.25) is 0 Å². The molecule has 2 heteroatoms. The van der Waals surface area contributed by atoms with Crippen LogP contribution in [-0.2, 0) is 0 Å². The summed E-state index contributed by atoms with van der Waals surface area (Å²) >= 11 is 2.34. The van der Waals surface area contributed by atoms with E-state index in [-0.39, 0.29) is 6.04 Å². The van der Waals surface area contributed by atoms with Gasteiger partial charge in [-0.2, -0.15) is 0 Å². The molecule has 0 heterocycles. The van der Waals surface area contributed by atoms with Crippen LogP contribution >= 0.6 is 22.6 Å². The van der Waals surface area contributed by atoms with Crippen LogP contribution in [0.1, 0.15) is 48.9 Å². The molecule has 2 aromatic carbocycles. The molecule has 1 N–H and O–H groups in total. The molecule has 2 unspecified atom stereocenters. The number of rotatable bonds is 5. The van der Waals surface area contributed by atoms with Crippen molar-refractivity contribution in [3.63, 3.8) is 0 Å². The molecule has 0 aliphatic heterocycles. The van der Waals surface area contributed by atoms with E-state index < -0.39 is 0 Å². The quantitative estimate of drug-likeness (QED) is 0.712. The molecule has 0 fully saturated rings. The Morgan fingerprint density at radius 3 is 1.80 bits per heavy atom. The van der Waals surface area contributed by atoms with E-state index in [1.165, 1.54) is 26.7 Å². The van der Waals surface area contributed by atoms with E-state index in [1.54, 1.807) is 0 Å². The molecular formula is C18H22IN. The number of hydrogen-bond donors (Lipinski definition) is 1. The first-order valence-corrected chi connectivity index (χ1v) is 8.26. The van der Waals surface area contributed by atoms with Crippen LogP contribution in [0.4, 0.5) is 0 Å². The van der Waals surface area contributed by atoms with Crippen LogP contribution in [0.25, 0.3) is 0 Å². The summed E-state index contributed by atoms with van der Waals surface area (Å²) < 4.78 is 1.27. The normalized spacial score (nSPS) is 14.0. The van der Waals surface area contributed by atoms with Crippen LogP contribution in [0, 0.1) is 3.57 Å². The Hall–Kier alpha value is -0.870. The Labute approximate surface area is 135 Å². The molecule has 2 aromatic rings. The minimum atomic E-state index is 0.262. The molecule has 1 nitrogen and oxygen atoms in total. The largest absolute Gasteiger partial charge is 0.309 e. The zero-order valence-corrected chi connectivity index (χ0v) is 14.5. The van der Waals surface area contributed by atoms with Gasteiger partial charge in [-0.05, 0) is 70.8 Å². The summed E-state index contributed by atoms with van der Waals surface area (Å²) in [4.78, 5) is 0. The van der Waals surface area contributed by atoms with Crippen molar-refractivity contribution in [2.75, 3.05) is 7.05 Å². The van der Waals surface area contributed by atoms with Crippen molar-refractivity contribution < 1.29 is 0 Å². The second kappa shape index (κ2) is 7.23. The van der Waals surface area contributed by atoms with Gasteiger partial charge in [0.2, 0.25) is 0 Å². The molecule has 0 saturated carbocycles. The van der Waals surface area contributed by atoms with Gasteiger partial charge in [0.25, 0.3) is 0 Å². The summed E-state index contributed by atoms with van der Waals surface area (Å²) in [6.07, 6.45) is 1.19. The van der Waals surface area contributed by atoms with Crippen molar-refractivity contribution in [3.8, 4) is 0 Å². The number of halogens is 1.